The van der Waals surface area contributed by atoms with Gasteiger partial charge in [-0.3, -0.25) is 14.7 Å². The summed E-state index contributed by atoms with van der Waals surface area (Å²) in [5.74, 6) is 1.54. The fraction of sp³-hybridized carbons (Fsp3) is 0.259. The molecular weight excluding hydrogens is 485 g/mol. The Hall–Kier alpha value is -4.05. The van der Waals surface area contributed by atoms with Gasteiger partial charge in [0.15, 0.2) is 5.76 Å². The van der Waals surface area contributed by atoms with Crippen molar-refractivity contribution in [1.29, 1.82) is 0 Å². The molecular formula is C27H25F3N4O3. The number of piperazine rings is 1. The van der Waals surface area contributed by atoms with Crippen LogP contribution in [0.25, 0.3) is 11.3 Å². The van der Waals surface area contributed by atoms with E-state index in [0.717, 1.165) is 29.2 Å². The van der Waals surface area contributed by atoms with Gasteiger partial charge in [0.25, 0.3) is 5.91 Å². The van der Waals surface area contributed by atoms with Gasteiger partial charge in [-0.15, -0.1) is 0 Å². The molecule has 1 fully saturated rings. The summed E-state index contributed by atoms with van der Waals surface area (Å²) in [4.78, 5) is 21.1. The van der Waals surface area contributed by atoms with Gasteiger partial charge in [0, 0.05) is 44.1 Å². The molecule has 4 heterocycles. The third-order valence-electron chi connectivity index (χ3n) is 6.26. The van der Waals surface area contributed by atoms with Gasteiger partial charge in [0.1, 0.15) is 17.3 Å². The zero-order valence-corrected chi connectivity index (χ0v) is 20.1. The van der Waals surface area contributed by atoms with E-state index in [0.29, 0.717) is 44.2 Å². The van der Waals surface area contributed by atoms with E-state index >= 15 is 0 Å². The Bertz CT molecular complexity index is 1370. The molecule has 10 heteroatoms. The highest BCUT2D eigenvalue weighted by molar-refractivity contribution is 6.04. The number of pyridine rings is 1. The van der Waals surface area contributed by atoms with Crippen molar-refractivity contribution in [2.75, 3.05) is 36.4 Å². The van der Waals surface area contributed by atoms with Crippen LogP contribution in [0.1, 0.15) is 27.6 Å². The molecule has 0 atom stereocenters. The maximum Gasteiger partial charge on any atom is 0.416 e. The van der Waals surface area contributed by atoms with Crippen LogP contribution in [0.5, 0.6) is 0 Å². The average Bonchev–Trinajstić information content (AvgIpc) is 3.54. The number of carbonyl (C=O) groups is 1. The molecule has 1 aliphatic rings. The summed E-state index contributed by atoms with van der Waals surface area (Å²) in [6, 6.07) is 13.9. The van der Waals surface area contributed by atoms with E-state index in [2.05, 4.69) is 15.2 Å². The normalized spacial score (nSPS) is 14.6. The number of amides is 1. The second-order valence-electron chi connectivity index (χ2n) is 8.86. The second-order valence-corrected chi connectivity index (χ2v) is 8.86. The third-order valence-corrected chi connectivity index (χ3v) is 6.26. The van der Waals surface area contributed by atoms with E-state index in [-0.39, 0.29) is 11.4 Å². The minimum absolute atomic E-state index is 0.00580. The van der Waals surface area contributed by atoms with Crippen LogP contribution in [0.3, 0.4) is 0 Å². The molecule has 4 aromatic rings. The van der Waals surface area contributed by atoms with E-state index in [1.54, 1.807) is 30.6 Å². The number of furan rings is 2. The van der Waals surface area contributed by atoms with Crippen LogP contribution < -0.4 is 10.2 Å². The lowest BCUT2D eigenvalue weighted by Gasteiger charge is -2.36. The van der Waals surface area contributed by atoms with Crippen molar-refractivity contribution in [3.05, 3.63) is 89.8 Å². The number of benzene rings is 1. The first kappa shape index (κ1) is 24.6. The molecule has 0 radical (unpaired) electrons. The molecule has 0 aliphatic carbocycles. The van der Waals surface area contributed by atoms with Crippen LogP contribution in [0.4, 0.5) is 24.5 Å². The molecule has 0 spiro atoms. The number of halogens is 3. The van der Waals surface area contributed by atoms with Crippen LogP contribution in [0, 0.1) is 6.92 Å². The predicted molar refractivity (Wildman–Crippen MR) is 132 cm³/mol. The summed E-state index contributed by atoms with van der Waals surface area (Å²) in [6.07, 6.45) is -1.35. The lowest BCUT2D eigenvalue weighted by atomic mass is 10.1. The minimum atomic E-state index is -4.54. The molecule has 5 rings (SSSR count). The summed E-state index contributed by atoms with van der Waals surface area (Å²) >= 11 is 0. The smallest absolute Gasteiger partial charge is 0.416 e. The van der Waals surface area contributed by atoms with Gasteiger partial charge >= 0.3 is 6.18 Å². The molecule has 0 unspecified atom stereocenters. The molecule has 3 aromatic heterocycles. The molecule has 7 nitrogen and oxygen atoms in total. The highest BCUT2D eigenvalue weighted by Gasteiger charge is 2.32. The number of anilines is 2. The second kappa shape index (κ2) is 10.1. The molecule has 0 saturated carbocycles. The van der Waals surface area contributed by atoms with Gasteiger partial charge in [-0.2, -0.15) is 13.2 Å². The number of rotatable bonds is 6. The Labute approximate surface area is 211 Å². The fourth-order valence-electron chi connectivity index (χ4n) is 4.34. The number of aryl methyl sites for hydroxylation is 1. The van der Waals surface area contributed by atoms with Crippen molar-refractivity contribution in [3.8, 4) is 11.3 Å². The Morgan fingerprint density at radius 1 is 0.973 bits per heavy atom. The molecule has 1 aliphatic heterocycles. The SMILES string of the molecule is Cc1ccc(CN2CCN(c3ccc(C(F)(F)F)cc3NC(=O)c3ccc(-c4ccncc4)o3)CC2)o1. The number of aromatic nitrogens is 1. The van der Waals surface area contributed by atoms with Gasteiger partial charge in [0.2, 0.25) is 0 Å². The largest absolute Gasteiger partial charge is 0.465 e. The highest BCUT2D eigenvalue weighted by atomic mass is 19.4. The molecule has 0 bridgehead atoms. The monoisotopic (exact) mass is 510 g/mol. The van der Waals surface area contributed by atoms with Crippen molar-refractivity contribution in [2.45, 2.75) is 19.6 Å². The number of hydrogen-bond donors (Lipinski definition) is 1. The van der Waals surface area contributed by atoms with Crippen molar-refractivity contribution >= 4 is 17.3 Å². The maximum atomic E-state index is 13.5. The van der Waals surface area contributed by atoms with E-state index in [1.165, 1.54) is 12.1 Å². The highest BCUT2D eigenvalue weighted by Crippen LogP contribution is 2.36. The average molecular weight is 511 g/mol. The third kappa shape index (κ3) is 5.69. The summed E-state index contributed by atoms with van der Waals surface area (Å²) < 4.78 is 51.8. The molecule has 1 N–H and O–H groups in total. The Morgan fingerprint density at radius 3 is 2.41 bits per heavy atom. The number of hydrogen-bond acceptors (Lipinski definition) is 6. The molecule has 192 valence electrons. The standard InChI is InChI=1S/C27H25F3N4O3/c1-18-2-4-21(36-18)17-33-12-14-34(15-13-33)23-5-3-20(27(28,29)30)16-22(23)32-26(35)25-7-6-24(37-25)19-8-10-31-11-9-19/h2-11,16H,12-15,17H2,1H3,(H,32,35). The summed E-state index contributed by atoms with van der Waals surface area (Å²) in [6.45, 7) is 5.12. The molecule has 1 aromatic carbocycles. The van der Waals surface area contributed by atoms with E-state index < -0.39 is 17.6 Å². The van der Waals surface area contributed by atoms with Gasteiger partial charge in [-0.05, 0) is 61.5 Å². The van der Waals surface area contributed by atoms with Crippen molar-refractivity contribution in [2.24, 2.45) is 0 Å². The van der Waals surface area contributed by atoms with Crippen LogP contribution >= 0.6 is 0 Å². The van der Waals surface area contributed by atoms with Crippen LogP contribution in [-0.4, -0.2) is 42.0 Å². The Balaban J connectivity index is 1.33. The van der Waals surface area contributed by atoms with Crippen molar-refractivity contribution in [1.82, 2.24) is 9.88 Å². The summed E-state index contributed by atoms with van der Waals surface area (Å²) in [5.41, 5.74) is 0.499. The zero-order valence-electron chi connectivity index (χ0n) is 20.1. The van der Waals surface area contributed by atoms with Gasteiger partial charge < -0.3 is 19.1 Å². The Kier molecular flexibility index (Phi) is 6.75. The molecule has 37 heavy (non-hydrogen) atoms. The van der Waals surface area contributed by atoms with Crippen LogP contribution in [0.2, 0.25) is 0 Å². The van der Waals surface area contributed by atoms with Crippen molar-refractivity contribution < 1.29 is 26.8 Å². The summed E-state index contributed by atoms with van der Waals surface area (Å²) in [5, 5.41) is 2.64. The number of nitrogens with zero attached hydrogens (tertiary/aromatic N) is 3. The predicted octanol–water partition coefficient (Wildman–Crippen LogP) is 5.84. The quantitative estimate of drug-likeness (QED) is 0.352. The van der Waals surface area contributed by atoms with Gasteiger partial charge in [-0.25, -0.2) is 0 Å². The fourth-order valence-corrected chi connectivity index (χ4v) is 4.34. The van der Waals surface area contributed by atoms with E-state index in [1.807, 2.05) is 24.0 Å². The molecule has 1 saturated heterocycles. The van der Waals surface area contributed by atoms with Crippen LogP contribution in [0.15, 0.2) is 75.8 Å². The first-order valence-corrected chi connectivity index (χ1v) is 11.8. The zero-order chi connectivity index (χ0) is 26.0. The summed E-state index contributed by atoms with van der Waals surface area (Å²) in [7, 11) is 0. The number of carbonyl (C=O) groups excluding carboxylic acids is 1. The van der Waals surface area contributed by atoms with Crippen molar-refractivity contribution in [3.63, 3.8) is 0 Å². The minimum Gasteiger partial charge on any atom is -0.465 e. The lowest BCUT2D eigenvalue weighted by Crippen LogP contribution is -2.46. The number of nitrogens with one attached hydrogen (secondary N) is 1. The lowest BCUT2D eigenvalue weighted by molar-refractivity contribution is -0.137. The van der Waals surface area contributed by atoms with Crippen LogP contribution in [-0.2, 0) is 12.7 Å². The molecule has 1 amide bonds. The first-order chi connectivity index (χ1) is 17.8. The van der Waals surface area contributed by atoms with Gasteiger partial charge in [-0.1, -0.05) is 0 Å². The Morgan fingerprint density at radius 2 is 1.73 bits per heavy atom. The van der Waals surface area contributed by atoms with E-state index in [4.69, 9.17) is 8.83 Å². The van der Waals surface area contributed by atoms with E-state index in [9.17, 15) is 18.0 Å². The topological polar surface area (TPSA) is 74.8 Å². The first-order valence-electron chi connectivity index (χ1n) is 11.8. The number of alkyl halides is 3. The van der Waals surface area contributed by atoms with Gasteiger partial charge in [0.05, 0.1) is 23.5 Å². The maximum absolute atomic E-state index is 13.5.